The van der Waals surface area contributed by atoms with E-state index in [9.17, 15) is 0 Å². The molecular weight excluding hydrogens is 401 g/mol. The van der Waals surface area contributed by atoms with Crippen molar-refractivity contribution in [2.24, 2.45) is 0 Å². The van der Waals surface area contributed by atoms with Crippen LogP contribution in [0.1, 0.15) is 29.7 Å². The van der Waals surface area contributed by atoms with E-state index in [1.807, 2.05) is 25.1 Å². The van der Waals surface area contributed by atoms with Crippen LogP contribution in [0.15, 0.2) is 45.3 Å². The molecule has 20 heavy (non-hydrogen) atoms. The van der Waals surface area contributed by atoms with Gasteiger partial charge in [-0.1, -0.05) is 62.5 Å². The number of hydrogen-bond donors (Lipinski definition) is 1. The van der Waals surface area contributed by atoms with Gasteiger partial charge < -0.3 is 5.32 Å². The molecule has 0 amide bonds. The second kappa shape index (κ2) is 7.08. The van der Waals surface area contributed by atoms with E-state index in [2.05, 4.69) is 62.3 Å². The molecule has 1 nitrogen and oxygen atoms in total. The molecule has 0 aliphatic rings. The average molecular weight is 418 g/mol. The van der Waals surface area contributed by atoms with Crippen molar-refractivity contribution >= 4 is 43.5 Å². The van der Waals surface area contributed by atoms with Crippen LogP contribution in [-0.4, -0.2) is 6.54 Å². The Balaban J connectivity index is 2.53. The summed E-state index contributed by atoms with van der Waals surface area (Å²) in [6, 6.07) is 12.5. The summed E-state index contributed by atoms with van der Waals surface area (Å²) in [5.74, 6) is 0. The van der Waals surface area contributed by atoms with Gasteiger partial charge in [-0.15, -0.1) is 0 Å². The van der Waals surface area contributed by atoms with Crippen molar-refractivity contribution in [3.63, 3.8) is 0 Å². The molecule has 0 spiro atoms. The van der Waals surface area contributed by atoms with Crippen LogP contribution >= 0.6 is 43.5 Å². The highest BCUT2D eigenvalue weighted by molar-refractivity contribution is 9.11. The Morgan fingerprint density at radius 3 is 2.50 bits per heavy atom. The third kappa shape index (κ3) is 3.64. The summed E-state index contributed by atoms with van der Waals surface area (Å²) in [4.78, 5) is 0. The number of hydrogen-bond acceptors (Lipinski definition) is 1. The van der Waals surface area contributed by atoms with Crippen molar-refractivity contribution in [1.82, 2.24) is 5.32 Å². The summed E-state index contributed by atoms with van der Waals surface area (Å²) in [5, 5.41) is 4.30. The molecule has 0 saturated heterocycles. The lowest BCUT2D eigenvalue weighted by Crippen LogP contribution is -2.22. The quantitative estimate of drug-likeness (QED) is 0.656. The number of rotatable bonds is 4. The molecule has 0 heterocycles. The first-order valence-corrected chi connectivity index (χ1v) is 8.43. The van der Waals surface area contributed by atoms with E-state index in [-0.39, 0.29) is 6.04 Å². The first kappa shape index (κ1) is 16.0. The molecule has 4 heteroatoms. The van der Waals surface area contributed by atoms with Gasteiger partial charge in [-0.2, -0.15) is 0 Å². The maximum Gasteiger partial charge on any atom is 0.0602 e. The first-order chi connectivity index (χ1) is 9.52. The molecule has 0 fully saturated rings. The SMILES string of the molecule is CCNC(c1ccc(C)cc1Cl)c1cc(Br)ccc1Br. The summed E-state index contributed by atoms with van der Waals surface area (Å²) in [7, 11) is 0. The minimum Gasteiger partial charge on any atom is -0.306 e. The molecule has 1 atom stereocenters. The van der Waals surface area contributed by atoms with Crippen LogP contribution in [0.3, 0.4) is 0 Å². The van der Waals surface area contributed by atoms with Crippen molar-refractivity contribution in [3.8, 4) is 0 Å². The molecule has 2 rings (SSSR count). The molecule has 2 aromatic carbocycles. The molecule has 1 N–H and O–H groups in total. The van der Waals surface area contributed by atoms with Gasteiger partial charge in [0, 0.05) is 14.0 Å². The fourth-order valence-corrected chi connectivity index (χ4v) is 3.39. The first-order valence-electron chi connectivity index (χ1n) is 6.47. The molecule has 0 bridgehead atoms. The Morgan fingerprint density at radius 1 is 1.10 bits per heavy atom. The van der Waals surface area contributed by atoms with Gasteiger partial charge in [0.25, 0.3) is 0 Å². The molecule has 1 unspecified atom stereocenters. The van der Waals surface area contributed by atoms with E-state index in [0.29, 0.717) is 0 Å². The van der Waals surface area contributed by atoms with Crippen LogP contribution in [0.25, 0.3) is 0 Å². The van der Waals surface area contributed by atoms with Crippen molar-refractivity contribution in [2.45, 2.75) is 19.9 Å². The van der Waals surface area contributed by atoms with Crippen LogP contribution in [0.2, 0.25) is 5.02 Å². The minimum absolute atomic E-state index is 0.0694. The van der Waals surface area contributed by atoms with Crippen LogP contribution in [0.5, 0.6) is 0 Å². The Hall–Kier alpha value is -0.350. The summed E-state index contributed by atoms with van der Waals surface area (Å²) in [6.45, 7) is 5.02. The van der Waals surface area contributed by atoms with Gasteiger partial charge in [0.05, 0.1) is 6.04 Å². The lowest BCUT2D eigenvalue weighted by molar-refractivity contribution is 0.628. The van der Waals surface area contributed by atoms with Crippen molar-refractivity contribution in [2.75, 3.05) is 6.54 Å². The average Bonchev–Trinajstić information content (AvgIpc) is 2.40. The van der Waals surface area contributed by atoms with E-state index in [0.717, 1.165) is 26.1 Å². The van der Waals surface area contributed by atoms with E-state index >= 15 is 0 Å². The largest absolute Gasteiger partial charge is 0.306 e. The topological polar surface area (TPSA) is 12.0 Å². The van der Waals surface area contributed by atoms with E-state index in [1.165, 1.54) is 11.1 Å². The van der Waals surface area contributed by atoms with Crippen LogP contribution < -0.4 is 5.32 Å². The highest BCUT2D eigenvalue weighted by Gasteiger charge is 2.18. The summed E-state index contributed by atoms with van der Waals surface area (Å²) in [6.07, 6.45) is 0. The maximum absolute atomic E-state index is 6.43. The molecule has 0 radical (unpaired) electrons. The van der Waals surface area contributed by atoms with Crippen molar-refractivity contribution in [1.29, 1.82) is 0 Å². The van der Waals surface area contributed by atoms with E-state index in [1.54, 1.807) is 0 Å². The zero-order chi connectivity index (χ0) is 14.7. The number of nitrogens with one attached hydrogen (secondary N) is 1. The monoisotopic (exact) mass is 415 g/mol. The summed E-state index contributed by atoms with van der Waals surface area (Å²) >= 11 is 13.6. The van der Waals surface area contributed by atoms with Crippen LogP contribution in [0, 0.1) is 6.92 Å². The Labute approximate surface area is 142 Å². The number of benzene rings is 2. The van der Waals surface area contributed by atoms with Crippen molar-refractivity contribution < 1.29 is 0 Å². The zero-order valence-electron chi connectivity index (χ0n) is 11.4. The molecule has 0 saturated carbocycles. The third-order valence-corrected chi connectivity index (χ3v) is 4.69. The normalized spacial score (nSPS) is 12.4. The molecule has 0 aliphatic heterocycles. The smallest absolute Gasteiger partial charge is 0.0602 e. The minimum atomic E-state index is 0.0694. The summed E-state index contributed by atoms with van der Waals surface area (Å²) < 4.78 is 2.13. The van der Waals surface area contributed by atoms with Gasteiger partial charge >= 0.3 is 0 Å². The molecule has 0 aliphatic carbocycles. The third-order valence-electron chi connectivity index (χ3n) is 3.14. The van der Waals surface area contributed by atoms with Crippen molar-refractivity contribution in [3.05, 3.63) is 67.1 Å². The highest BCUT2D eigenvalue weighted by Crippen LogP contribution is 2.34. The van der Waals surface area contributed by atoms with Gasteiger partial charge in [-0.25, -0.2) is 0 Å². The Kier molecular flexibility index (Phi) is 5.67. The predicted octanol–water partition coefficient (Wildman–Crippen LogP) is 5.87. The standard InChI is InChI=1S/C16H16Br2ClN/c1-3-20-16(12-6-4-10(2)8-15(12)19)13-9-11(17)5-7-14(13)18/h4-9,16,20H,3H2,1-2H3. The lowest BCUT2D eigenvalue weighted by atomic mass is 9.97. The Bertz CT molecular complexity index is 613. The number of halogens is 3. The molecule has 2 aromatic rings. The maximum atomic E-state index is 6.43. The fourth-order valence-electron chi connectivity index (χ4n) is 2.19. The molecule has 0 aromatic heterocycles. The second-order valence-corrected chi connectivity index (χ2v) is 6.86. The summed E-state index contributed by atoms with van der Waals surface area (Å²) in [5.41, 5.74) is 3.44. The van der Waals surface area contributed by atoms with Gasteiger partial charge in [0.1, 0.15) is 0 Å². The van der Waals surface area contributed by atoms with Gasteiger partial charge in [0.2, 0.25) is 0 Å². The lowest BCUT2D eigenvalue weighted by Gasteiger charge is -2.22. The highest BCUT2D eigenvalue weighted by atomic mass is 79.9. The zero-order valence-corrected chi connectivity index (χ0v) is 15.3. The van der Waals surface area contributed by atoms with Crippen LogP contribution in [-0.2, 0) is 0 Å². The number of aryl methyl sites for hydroxylation is 1. The van der Waals surface area contributed by atoms with Gasteiger partial charge in [0.15, 0.2) is 0 Å². The van der Waals surface area contributed by atoms with Gasteiger partial charge in [-0.05, 0) is 54.4 Å². The van der Waals surface area contributed by atoms with E-state index in [4.69, 9.17) is 11.6 Å². The van der Waals surface area contributed by atoms with E-state index < -0.39 is 0 Å². The molecular formula is C16H16Br2ClN. The van der Waals surface area contributed by atoms with Crippen LogP contribution in [0.4, 0.5) is 0 Å². The Morgan fingerprint density at radius 2 is 1.85 bits per heavy atom. The second-order valence-electron chi connectivity index (χ2n) is 4.68. The van der Waals surface area contributed by atoms with Gasteiger partial charge in [-0.3, -0.25) is 0 Å². The predicted molar refractivity (Wildman–Crippen MR) is 93.6 cm³/mol. The molecule has 106 valence electrons. The fraction of sp³-hybridized carbons (Fsp3) is 0.250.